The Morgan fingerprint density at radius 1 is 0.964 bits per heavy atom. The van der Waals surface area contributed by atoms with Crippen LogP contribution in [0, 0.1) is 0 Å². The molecule has 0 amide bonds. The fourth-order valence-corrected chi connectivity index (χ4v) is 2.47. The van der Waals surface area contributed by atoms with Crippen LogP contribution in [0.4, 0.5) is 30.4 Å². The number of halogens is 3. The number of nitrogens with zero attached hydrogens (tertiary/aromatic N) is 2. The highest BCUT2D eigenvalue weighted by molar-refractivity contribution is 5.72. The van der Waals surface area contributed by atoms with Crippen molar-refractivity contribution in [2.45, 2.75) is 25.9 Å². The first kappa shape index (κ1) is 19.5. The molecule has 1 heterocycles. The van der Waals surface area contributed by atoms with Crippen LogP contribution in [0.15, 0.2) is 54.9 Å². The SMILES string of the molecule is CC(C)c1ccc(Oc2ncnc(Nc3ccc(C(F)(F)F)cc3)c2N)cc1. The molecule has 0 aliphatic heterocycles. The molecule has 8 heteroatoms. The van der Waals surface area contributed by atoms with Gasteiger partial charge in [-0.1, -0.05) is 26.0 Å². The van der Waals surface area contributed by atoms with Gasteiger partial charge in [0.1, 0.15) is 17.8 Å². The van der Waals surface area contributed by atoms with Gasteiger partial charge in [0.2, 0.25) is 5.88 Å². The summed E-state index contributed by atoms with van der Waals surface area (Å²) in [5, 5.41) is 2.88. The van der Waals surface area contributed by atoms with Crippen molar-refractivity contribution in [1.82, 2.24) is 9.97 Å². The van der Waals surface area contributed by atoms with Gasteiger partial charge in [-0.3, -0.25) is 0 Å². The van der Waals surface area contributed by atoms with Crippen LogP contribution >= 0.6 is 0 Å². The first-order chi connectivity index (χ1) is 13.2. The van der Waals surface area contributed by atoms with Crippen LogP contribution in [-0.2, 0) is 6.18 Å². The first-order valence-electron chi connectivity index (χ1n) is 8.56. The molecule has 0 bridgehead atoms. The van der Waals surface area contributed by atoms with E-state index in [0.717, 1.165) is 12.1 Å². The number of nitrogens with one attached hydrogen (secondary N) is 1. The van der Waals surface area contributed by atoms with Gasteiger partial charge in [-0.15, -0.1) is 0 Å². The zero-order valence-corrected chi connectivity index (χ0v) is 15.3. The number of hydrogen-bond donors (Lipinski definition) is 2. The predicted molar refractivity (Wildman–Crippen MR) is 102 cm³/mol. The van der Waals surface area contributed by atoms with Crippen LogP contribution < -0.4 is 15.8 Å². The zero-order chi connectivity index (χ0) is 20.3. The third-order valence-corrected chi connectivity index (χ3v) is 4.08. The highest BCUT2D eigenvalue weighted by atomic mass is 19.4. The van der Waals surface area contributed by atoms with E-state index in [2.05, 4.69) is 29.1 Å². The van der Waals surface area contributed by atoms with Crippen LogP contribution in [0.3, 0.4) is 0 Å². The summed E-state index contributed by atoms with van der Waals surface area (Å²) in [5.41, 5.74) is 7.06. The second-order valence-corrected chi connectivity index (χ2v) is 6.47. The smallest absolute Gasteiger partial charge is 0.416 e. The fourth-order valence-electron chi connectivity index (χ4n) is 2.47. The van der Waals surface area contributed by atoms with E-state index >= 15 is 0 Å². The summed E-state index contributed by atoms with van der Waals surface area (Å²) in [6.07, 6.45) is -3.13. The molecule has 28 heavy (non-hydrogen) atoms. The fraction of sp³-hybridized carbons (Fsp3) is 0.200. The van der Waals surface area contributed by atoms with Crippen LogP contribution in [0.2, 0.25) is 0 Å². The number of rotatable bonds is 5. The predicted octanol–water partition coefficient (Wildman–Crippen LogP) is 5.74. The molecule has 1 aromatic heterocycles. The van der Waals surface area contributed by atoms with Gasteiger partial charge in [-0.2, -0.15) is 18.2 Å². The van der Waals surface area contributed by atoms with Crippen molar-refractivity contribution >= 4 is 17.2 Å². The molecule has 0 spiro atoms. The Balaban J connectivity index is 1.77. The summed E-state index contributed by atoms with van der Waals surface area (Å²) in [5.74, 6) is 1.36. The maximum atomic E-state index is 12.7. The monoisotopic (exact) mass is 388 g/mol. The molecular formula is C20H19F3N4O. The van der Waals surface area contributed by atoms with E-state index in [0.29, 0.717) is 17.4 Å². The molecule has 0 aliphatic carbocycles. The van der Waals surface area contributed by atoms with Crippen molar-refractivity contribution < 1.29 is 17.9 Å². The Labute approximate surface area is 160 Å². The van der Waals surface area contributed by atoms with Gasteiger partial charge in [-0.25, -0.2) is 4.98 Å². The maximum Gasteiger partial charge on any atom is 0.416 e. The van der Waals surface area contributed by atoms with E-state index in [9.17, 15) is 13.2 Å². The molecule has 3 N–H and O–H groups in total. The topological polar surface area (TPSA) is 73.1 Å². The maximum absolute atomic E-state index is 12.7. The van der Waals surface area contributed by atoms with Crippen molar-refractivity contribution in [3.8, 4) is 11.6 Å². The Kier molecular flexibility index (Phi) is 5.39. The third-order valence-electron chi connectivity index (χ3n) is 4.08. The van der Waals surface area contributed by atoms with Gasteiger partial charge < -0.3 is 15.8 Å². The van der Waals surface area contributed by atoms with Gasteiger partial charge in [0.05, 0.1) is 5.56 Å². The van der Waals surface area contributed by atoms with Crippen molar-refractivity contribution in [3.05, 3.63) is 66.0 Å². The van der Waals surface area contributed by atoms with E-state index in [-0.39, 0.29) is 17.4 Å². The summed E-state index contributed by atoms with van der Waals surface area (Å²) in [7, 11) is 0. The zero-order valence-electron chi connectivity index (χ0n) is 15.3. The van der Waals surface area contributed by atoms with E-state index in [4.69, 9.17) is 10.5 Å². The minimum atomic E-state index is -4.39. The minimum absolute atomic E-state index is 0.148. The number of hydrogen-bond acceptors (Lipinski definition) is 5. The second-order valence-electron chi connectivity index (χ2n) is 6.47. The largest absolute Gasteiger partial charge is 0.437 e. The number of anilines is 3. The molecule has 0 fully saturated rings. The van der Waals surface area contributed by atoms with Crippen LogP contribution in [-0.4, -0.2) is 9.97 Å². The molecular weight excluding hydrogens is 369 g/mol. The lowest BCUT2D eigenvalue weighted by atomic mass is 10.0. The molecule has 3 aromatic rings. The lowest BCUT2D eigenvalue weighted by Crippen LogP contribution is -2.05. The number of alkyl halides is 3. The van der Waals surface area contributed by atoms with E-state index in [1.54, 1.807) is 0 Å². The number of nitrogens with two attached hydrogens (primary N) is 1. The summed E-state index contributed by atoms with van der Waals surface area (Å²) in [6, 6.07) is 12.1. The number of ether oxygens (including phenoxy) is 1. The van der Waals surface area contributed by atoms with Crippen molar-refractivity contribution in [1.29, 1.82) is 0 Å². The standard InChI is InChI=1S/C20H19F3N4O/c1-12(2)13-3-9-16(10-4-13)28-19-17(24)18(25-11-26-19)27-15-7-5-14(6-8-15)20(21,22)23/h3-12H,24H2,1-2H3,(H,25,26,27). The second kappa shape index (κ2) is 7.75. The van der Waals surface area contributed by atoms with E-state index in [1.807, 2.05) is 24.3 Å². The third kappa shape index (κ3) is 4.51. The Morgan fingerprint density at radius 2 is 1.61 bits per heavy atom. The van der Waals surface area contributed by atoms with Gasteiger partial charge in [0.15, 0.2) is 5.82 Å². The molecule has 0 saturated carbocycles. The minimum Gasteiger partial charge on any atom is -0.437 e. The highest BCUT2D eigenvalue weighted by Gasteiger charge is 2.30. The van der Waals surface area contributed by atoms with Crippen LogP contribution in [0.25, 0.3) is 0 Å². The van der Waals surface area contributed by atoms with E-state index in [1.165, 1.54) is 24.0 Å². The van der Waals surface area contributed by atoms with Crippen LogP contribution in [0.5, 0.6) is 11.6 Å². The summed E-state index contributed by atoms with van der Waals surface area (Å²) >= 11 is 0. The highest BCUT2D eigenvalue weighted by Crippen LogP contribution is 2.33. The van der Waals surface area contributed by atoms with E-state index < -0.39 is 11.7 Å². The molecule has 0 atom stereocenters. The molecule has 146 valence electrons. The lowest BCUT2D eigenvalue weighted by Gasteiger charge is -2.13. The average molecular weight is 388 g/mol. The Hall–Kier alpha value is -3.29. The molecule has 5 nitrogen and oxygen atoms in total. The molecule has 3 rings (SSSR count). The normalized spacial score (nSPS) is 11.5. The molecule has 2 aromatic carbocycles. The van der Waals surface area contributed by atoms with Gasteiger partial charge in [0, 0.05) is 5.69 Å². The number of benzene rings is 2. The summed E-state index contributed by atoms with van der Waals surface area (Å²) in [4.78, 5) is 8.07. The average Bonchev–Trinajstić information content (AvgIpc) is 2.65. The first-order valence-corrected chi connectivity index (χ1v) is 8.56. The van der Waals surface area contributed by atoms with Crippen LogP contribution in [0.1, 0.15) is 30.9 Å². The summed E-state index contributed by atoms with van der Waals surface area (Å²) < 4.78 is 43.7. The summed E-state index contributed by atoms with van der Waals surface area (Å²) in [6.45, 7) is 4.19. The molecule has 0 aliphatic rings. The number of nitrogen functional groups attached to an aromatic ring is 1. The molecule has 0 unspecified atom stereocenters. The lowest BCUT2D eigenvalue weighted by molar-refractivity contribution is -0.137. The Bertz CT molecular complexity index is 939. The van der Waals surface area contributed by atoms with Gasteiger partial charge in [-0.05, 0) is 47.9 Å². The van der Waals surface area contributed by atoms with Crippen molar-refractivity contribution in [2.75, 3.05) is 11.1 Å². The Morgan fingerprint density at radius 3 is 2.18 bits per heavy atom. The van der Waals surface area contributed by atoms with Crippen molar-refractivity contribution in [2.24, 2.45) is 0 Å². The molecule has 0 saturated heterocycles. The van der Waals surface area contributed by atoms with Crippen molar-refractivity contribution in [3.63, 3.8) is 0 Å². The van der Waals surface area contributed by atoms with Gasteiger partial charge in [0.25, 0.3) is 0 Å². The number of aromatic nitrogens is 2. The van der Waals surface area contributed by atoms with Gasteiger partial charge >= 0.3 is 6.18 Å². The quantitative estimate of drug-likeness (QED) is 0.583. The molecule has 0 radical (unpaired) electrons.